The minimum absolute atomic E-state index is 0.243. The highest BCUT2D eigenvalue weighted by Crippen LogP contribution is 2.32. The van der Waals surface area contributed by atoms with E-state index in [-0.39, 0.29) is 13.1 Å². The van der Waals surface area contributed by atoms with Gasteiger partial charge in [-0.05, 0) is 43.0 Å². The Labute approximate surface area is 190 Å². The molecule has 33 heavy (non-hydrogen) atoms. The number of nitrogens with zero attached hydrogens (tertiary/aromatic N) is 7. The number of anilines is 2. The quantitative estimate of drug-likeness (QED) is 0.508. The first-order valence-electron chi connectivity index (χ1n) is 11.1. The molecular weight excluding hydrogens is 426 g/mol. The van der Waals surface area contributed by atoms with Gasteiger partial charge in [0, 0.05) is 37.9 Å². The van der Waals surface area contributed by atoms with Gasteiger partial charge in [-0.3, -0.25) is 9.50 Å². The standard InChI is InChI=1S/C20H22F2N6.C3H4N2/c1-14-3-2-8-26(10-14)19-23-7-6-16(25-19)17-9-24-18-5-4-15(11-28(17)18)27-12-20(21,22)13-27;1-2-4-5-3-1/h4-7,9,11,14H,2-3,8,10,12-13H2,1H3;1-3H,(H,4,5). The minimum Gasteiger partial charge on any atom is -0.358 e. The van der Waals surface area contributed by atoms with Crippen LogP contribution in [-0.4, -0.2) is 61.7 Å². The first kappa shape index (κ1) is 21.3. The maximum Gasteiger partial charge on any atom is 0.282 e. The predicted molar refractivity (Wildman–Crippen MR) is 123 cm³/mol. The second kappa shape index (κ2) is 8.76. The number of rotatable bonds is 3. The lowest BCUT2D eigenvalue weighted by Gasteiger charge is -2.40. The summed E-state index contributed by atoms with van der Waals surface area (Å²) in [6.07, 6.45) is 11.2. The summed E-state index contributed by atoms with van der Waals surface area (Å²) in [4.78, 5) is 17.6. The van der Waals surface area contributed by atoms with Crippen LogP contribution in [0.25, 0.3) is 17.0 Å². The fraction of sp³-hybridized carbons (Fsp3) is 0.391. The van der Waals surface area contributed by atoms with Gasteiger partial charge >= 0.3 is 0 Å². The Morgan fingerprint density at radius 2 is 1.97 bits per heavy atom. The molecule has 2 fully saturated rings. The van der Waals surface area contributed by atoms with E-state index in [1.807, 2.05) is 34.9 Å². The fourth-order valence-corrected chi connectivity index (χ4v) is 4.27. The summed E-state index contributed by atoms with van der Waals surface area (Å²) in [5.41, 5.74) is 3.13. The van der Waals surface area contributed by atoms with E-state index in [0.717, 1.165) is 48.2 Å². The van der Waals surface area contributed by atoms with E-state index in [9.17, 15) is 8.78 Å². The fourth-order valence-electron chi connectivity index (χ4n) is 4.27. The van der Waals surface area contributed by atoms with Gasteiger partial charge in [-0.2, -0.15) is 5.10 Å². The molecule has 8 nitrogen and oxygen atoms in total. The molecule has 2 saturated heterocycles. The third-order valence-corrected chi connectivity index (χ3v) is 5.95. The van der Waals surface area contributed by atoms with E-state index in [4.69, 9.17) is 4.98 Å². The summed E-state index contributed by atoms with van der Waals surface area (Å²) in [5.74, 6) is -1.23. The zero-order valence-corrected chi connectivity index (χ0v) is 18.4. The third kappa shape index (κ3) is 4.64. The van der Waals surface area contributed by atoms with Crippen LogP contribution in [0.15, 0.2) is 55.2 Å². The average Bonchev–Trinajstić information content (AvgIpc) is 3.50. The number of fused-ring (bicyclic) bond motifs is 1. The molecule has 1 unspecified atom stereocenters. The number of halogens is 2. The van der Waals surface area contributed by atoms with E-state index < -0.39 is 5.92 Å². The first-order valence-corrected chi connectivity index (χ1v) is 11.1. The van der Waals surface area contributed by atoms with Gasteiger partial charge in [0.05, 0.1) is 36.4 Å². The van der Waals surface area contributed by atoms with Crippen molar-refractivity contribution in [1.82, 2.24) is 29.5 Å². The highest BCUT2D eigenvalue weighted by Gasteiger charge is 2.44. The number of nitrogens with one attached hydrogen (secondary N) is 1. The van der Waals surface area contributed by atoms with Crippen molar-refractivity contribution < 1.29 is 8.78 Å². The molecule has 6 heterocycles. The van der Waals surface area contributed by atoms with Crippen LogP contribution >= 0.6 is 0 Å². The molecule has 6 rings (SSSR count). The van der Waals surface area contributed by atoms with Crippen molar-refractivity contribution in [3.63, 3.8) is 0 Å². The number of hydrogen-bond acceptors (Lipinski definition) is 6. The molecule has 1 N–H and O–H groups in total. The predicted octanol–water partition coefficient (Wildman–Crippen LogP) is 3.89. The molecule has 0 bridgehead atoms. The van der Waals surface area contributed by atoms with Gasteiger partial charge in [0.2, 0.25) is 5.95 Å². The van der Waals surface area contributed by atoms with Gasteiger partial charge in [-0.1, -0.05) is 6.92 Å². The van der Waals surface area contributed by atoms with Gasteiger partial charge in [0.1, 0.15) is 5.65 Å². The van der Waals surface area contributed by atoms with Crippen molar-refractivity contribution >= 4 is 17.3 Å². The SMILES string of the molecule is CC1CCCN(c2nccc(-c3cnc4ccc(N5CC(F)(F)C5)cn34)n2)C1.c1cn[nH]c1. The van der Waals surface area contributed by atoms with Crippen molar-refractivity contribution in [2.45, 2.75) is 25.7 Å². The molecule has 10 heteroatoms. The Morgan fingerprint density at radius 1 is 1.09 bits per heavy atom. The lowest BCUT2D eigenvalue weighted by Crippen LogP contribution is -2.56. The number of pyridine rings is 1. The van der Waals surface area contributed by atoms with Gasteiger partial charge in [0.25, 0.3) is 5.92 Å². The number of aromatic amines is 1. The topological polar surface area (TPSA) is 78.2 Å². The molecule has 2 aliphatic heterocycles. The maximum absolute atomic E-state index is 13.2. The second-order valence-corrected chi connectivity index (χ2v) is 8.67. The molecule has 0 aliphatic carbocycles. The lowest BCUT2D eigenvalue weighted by molar-refractivity contribution is -0.0262. The third-order valence-electron chi connectivity index (χ3n) is 5.95. The highest BCUT2D eigenvalue weighted by atomic mass is 19.3. The van der Waals surface area contributed by atoms with Crippen LogP contribution in [0.1, 0.15) is 19.8 Å². The maximum atomic E-state index is 13.2. The number of piperidine rings is 1. The van der Waals surface area contributed by atoms with E-state index in [2.05, 4.69) is 32.0 Å². The van der Waals surface area contributed by atoms with Crippen LogP contribution in [0.3, 0.4) is 0 Å². The van der Waals surface area contributed by atoms with Gasteiger partial charge in [-0.25, -0.2) is 23.7 Å². The van der Waals surface area contributed by atoms with E-state index in [0.29, 0.717) is 5.92 Å². The van der Waals surface area contributed by atoms with Crippen molar-refractivity contribution in [2.24, 2.45) is 5.92 Å². The van der Waals surface area contributed by atoms with E-state index >= 15 is 0 Å². The molecule has 2 aliphatic rings. The van der Waals surface area contributed by atoms with Crippen LogP contribution in [0.5, 0.6) is 0 Å². The summed E-state index contributed by atoms with van der Waals surface area (Å²) < 4.78 is 28.4. The summed E-state index contributed by atoms with van der Waals surface area (Å²) in [6, 6.07) is 7.39. The van der Waals surface area contributed by atoms with Crippen molar-refractivity contribution in [1.29, 1.82) is 0 Å². The monoisotopic (exact) mass is 452 g/mol. The molecule has 0 amide bonds. The number of alkyl halides is 2. The molecule has 0 spiro atoms. The Balaban J connectivity index is 0.000000406. The van der Waals surface area contributed by atoms with Crippen LogP contribution in [0.4, 0.5) is 20.4 Å². The van der Waals surface area contributed by atoms with Gasteiger partial charge in [-0.15, -0.1) is 0 Å². The number of hydrogen-bond donors (Lipinski definition) is 1. The Kier molecular flexibility index (Phi) is 5.65. The summed E-state index contributed by atoms with van der Waals surface area (Å²) >= 11 is 0. The summed E-state index contributed by atoms with van der Waals surface area (Å²) in [5, 5.41) is 6.21. The van der Waals surface area contributed by atoms with Crippen LogP contribution in [0, 0.1) is 5.92 Å². The van der Waals surface area contributed by atoms with Gasteiger partial charge < -0.3 is 9.80 Å². The van der Waals surface area contributed by atoms with Crippen LogP contribution in [0.2, 0.25) is 0 Å². The zero-order chi connectivity index (χ0) is 22.8. The summed E-state index contributed by atoms with van der Waals surface area (Å²) in [6.45, 7) is 3.69. The number of imidazole rings is 1. The normalized spacial score (nSPS) is 19.7. The first-order chi connectivity index (χ1) is 16.0. The Morgan fingerprint density at radius 3 is 2.67 bits per heavy atom. The molecule has 1 atom stereocenters. The molecule has 172 valence electrons. The molecular formula is C23H26F2N8. The Bertz CT molecular complexity index is 1180. The summed E-state index contributed by atoms with van der Waals surface area (Å²) in [7, 11) is 0. The van der Waals surface area contributed by atoms with Crippen LogP contribution < -0.4 is 9.80 Å². The van der Waals surface area contributed by atoms with Crippen molar-refractivity contribution in [3.05, 3.63) is 55.2 Å². The second-order valence-electron chi connectivity index (χ2n) is 8.67. The lowest BCUT2D eigenvalue weighted by atomic mass is 10.0. The molecule has 4 aromatic heterocycles. The van der Waals surface area contributed by atoms with Gasteiger partial charge in [0.15, 0.2) is 0 Å². The smallest absolute Gasteiger partial charge is 0.282 e. The van der Waals surface area contributed by atoms with E-state index in [1.54, 1.807) is 29.7 Å². The molecule has 0 saturated carbocycles. The molecule has 0 aromatic carbocycles. The van der Waals surface area contributed by atoms with Crippen LogP contribution in [-0.2, 0) is 0 Å². The van der Waals surface area contributed by atoms with E-state index in [1.165, 1.54) is 6.42 Å². The molecule has 0 radical (unpaired) electrons. The highest BCUT2D eigenvalue weighted by molar-refractivity contribution is 5.64. The minimum atomic E-state index is -2.60. The number of H-pyrrole nitrogens is 1. The van der Waals surface area contributed by atoms with Crippen molar-refractivity contribution in [3.8, 4) is 11.4 Å². The Hall–Kier alpha value is -3.56. The zero-order valence-electron chi connectivity index (χ0n) is 18.4. The average molecular weight is 453 g/mol. The largest absolute Gasteiger partial charge is 0.358 e. The number of aromatic nitrogens is 6. The molecule has 4 aromatic rings. The van der Waals surface area contributed by atoms with Crippen molar-refractivity contribution in [2.75, 3.05) is 36.0 Å².